The van der Waals surface area contributed by atoms with Gasteiger partial charge in [0, 0.05) is 16.8 Å². The lowest BCUT2D eigenvalue weighted by Crippen LogP contribution is -2.11. The summed E-state index contributed by atoms with van der Waals surface area (Å²) >= 11 is 3.43. The van der Waals surface area contributed by atoms with Crippen molar-refractivity contribution >= 4 is 27.7 Å². The summed E-state index contributed by atoms with van der Waals surface area (Å²) < 4.78 is 0.811. The molecule has 0 bridgehead atoms. The molecule has 1 aliphatic rings. The Balaban J connectivity index is 2.14. The number of carboxylic acid groups (broad SMARTS) is 1. The van der Waals surface area contributed by atoms with Gasteiger partial charge in [-0.2, -0.15) is 0 Å². The first kappa shape index (κ1) is 14.3. The lowest BCUT2D eigenvalue weighted by molar-refractivity contribution is -0.138. The third-order valence-corrected chi connectivity index (χ3v) is 4.50. The molecule has 0 amide bonds. The average molecular weight is 325 g/mol. The van der Waals surface area contributed by atoms with Crippen LogP contribution in [-0.4, -0.2) is 16.9 Å². The van der Waals surface area contributed by atoms with Crippen LogP contribution in [0.25, 0.3) is 0 Å². The van der Waals surface area contributed by atoms with Crippen LogP contribution < -0.4 is 0 Å². The number of rotatable bonds is 4. The first-order valence-corrected chi connectivity index (χ1v) is 7.32. The Morgan fingerprint density at radius 3 is 2.79 bits per heavy atom. The number of hydrogen-bond acceptors (Lipinski definition) is 2. The molecular weight excluding hydrogens is 308 g/mol. The number of aliphatic carboxylic acids is 1. The first-order valence-electron chi connectivity index (χ1n) is 6.53. The van der Waals surface area contributed by atoms with Gasteiger partial charge in [0.05, 0.1) is 5.92 Å². The fourth-order valence-corrected chi connectivity index (χ4v) is 3.34. The third kappa shape index (κ3) is 3.24. The number of Topliss-reactive ketones (excluding diaryl/α,β-unsaturated/α-hetero) is 1. The maximum Gasteiger partial charge on any atom is 0.310 e. The van der Waals surface area contributed by atoms with Gasteiger partial charge in [0.15, 0.2) is 0 Å². The Hall–Kier alpha value is -1.16. The minimum Gasteiger partial charge on any atom is -0.481 e. The molecule has 1 saturated carbocycles. The molecule has 1 fully saturated rings. The van der Waals surface area contributed by atoms with Gasteiger partial charge in [-0.05, 0) is 43.4 Å². The molecule has 0 saturated heterocycles. The predicted octanol–water partition coefficient (Wildman–Crippen LogP) is 3.55. The molecule has 0 heterocycles. The van der Waals surface area contributed by atoms with E-state index >= 15 is 0 Å². The SMILES string of the molecule is C[C@H](C(=O)O)c1ccc(C[C@@H]2CCCC2=O)cc1Br. The van der Waals surface area contributed by atoms with Crippen LogP contribution in [0.2, 0.25) is 0 Å². The first-order chi connectivity index (χ1) is 8.99. The second-order valence-corrected chi connectivity index (χ2v) is 6.03. The van der Waals surface area contributed by atoms with E-state index in [1.54, 1.807) is 6.92 Å². The maximum atomic E-state index is 11.6. The highest BCUT2D eigenvalue weighted by molar-refractivity contribution is 9.10. The van der Waals surface area contributed by atoms with E-state index in [9.17, 15) is 9.59 Å². The highest BCUT2D eigenvalue weighted by atomic mass is 79.9. The van der Waals surface area contributed by atoms with Gasteiger partial charge in [-0.25, -0.2) is 0 Å². The molecule has 1 aliphatic carbocycles. The molecule has 102 valence electrons. The fraction of sp³-hybridized carbons (Fsp3) is 0.467. The summed E-state index contributed by atoms with van der Waals surface area (Å²) in [7, 11) is 0. The zero-order valence-corrected chi connectivity index (χ0v) is 12.4. The topological polar surface area (TPSA) is 54.4 Å². The molecule has 2 atom stereocenters. The second-order valence-electron chi connectivity index (χ2n) is 5.18. The van der Waals surface area contributed by atoms with Gasteiger partial charge < -0.3 is 5.11 Å². The Kier molecular flexibility index (Phi) is 4.40. The van der Waals surface area contributed by atoms with E-state index in [0.29, 0.717) is 12.2 Å². The van der Waals surface area contributed by atoms with Gasteiger partial charge >= 0.3 is 5.97 Å². The highest BCUT2D eigenvalue weighted by Crippen LogP contribution is 2.29. The van der Waals surface area contributed by atoms with Crippen molar-refractivity contribution in [3.05, 3.63) is 33.8 Å². The van der Waals surface area contributed by atoms with Crippen LogP contribution in [0.4, 0.5) is 0 Å². The summed E-state index contributed by atoms with van der Waals surface area (Å²) in [5.41, 5.74) is 1.86. The number of ketones is 1. The molecule has 0 aliphatic heterocycles. The van der Waals surface area contributed by atoms with E-state index in [2.05, 4.69) is 15.9 Å². The van der Waals surface area contributed by atoms with Crippen LogP contribution in [0, 0.1) is 5.92 Å². The van der Waals surface area contributed by atoms with Crippen LogP contribution in [0.3, 0.4) is 0 Å². The van der Waals surface area contributed by atoms with Gasteiger partial charge in [0.1, 0.15) is 5.78 Å². The molecule has 0 radical (unpaired) electrons. The summed E-state index contributed by atoms with van der Waals surface area (Å²) in [5.74, 6) is -0.857. The molecule has 0 spiro atoms. The lowest BCUT2D eigenvalue weighted by atomic mass is 9.94. The van der Waals surface area contributed by atoms with Crippen LogP contribution >= 0.6 is 15.9 Å². The van der Waals surface area contributed by atoms with Crippen molar-refractivity contribution in [3.63, 3.8) is 0 Å². The molecule has 0 unspecified atom stereocenters. The molecule has 19 heavy (non-hydrogen) atoms. The summed E-state index contributed by atoms with van der Waals surface area (Å²) in [6.45, 7) is 1.67. The van der Waals surface area contributed by atoms with Crippen molar-refractivity contribution in [3.8, 4) is 0 Å². The second kappa shape index (κ2) is 5.87. The predicted molar refractivity (Wildman–Crippen MR) is 76.2 cm³/mol. The monoisotopic (exact) mass is 324 g/mol. The zero-order chi connectivity index (χ0) is 14.0. The number of hydrogen-bond donors (Lipinski definition) is 1. The van der Waals surface area contributed by atoms with Gasteiger partial charge in [-0.15, -0.1) is 0 Å². The van der Waals surface area contributed by atoms with E-state index in [1.807, 2.05) is 18.2 Å². The van der Waals surface area contributed by atoms with Gasteiger partial charge in [-0.3, -0.25) is 9.59 Å². The van der Waals surface area contributed by atoms with E-state index < -0.39 is 11.9 Å². The molecule has 3 nitrogen and oxygen atoms in total. The Morgan fingerprint density at radius 1 is 1.53 bits per heavy atom. The number of carbonyl (C=O) groups excluding carboxylic acids is 1. The molecule has 1 aromatic rings. The van der Waals surface area contributed by atoms with E-state index in [0.717, 1.165) is 34.9 Å². The number of carbonyl (C=O) groups is 2. The van der Waals surface area contributed by atoms with Crippen molar-refractivity contribution in [2.75, 3.05) is 0 Å². The van der Waals surface area contributed by atoms with E-state index in [4.69, 9.17) is 5.11 Å². The minimum absolute atomic E-state index is 0.148. The lowest BCUT2D eigenvalue weighted by Gasteiger charge is -2.13. The Labute approximate surface area is 121 Å². The number of carboxylic acids is 1. The highest BCUT2D eigenvalue weighted by Gasteiger charge is 2.25. The van der Waals surface area contributed by atoms with Gasteiger partial charge in [0.25, 0.3) is 0 Å². The maximum absolute atomic E-state index is 11.6. The van der Waals surface area contributed by atoms with Crippen molar-refractivity contribution < 1.29 is 14.7 Å². The molecule has 1 N–H and O–H groups in total. The quantitative estimate of drug-likeness (QED) is 0.921. The van der Waals surface area contributed by atoms with Gasteiger partial charge in [-0.1, -0.05) is 28.1 Å². The zero-order valence-electron chi connectivity index (χ0n) is 10.9. The van der Waals surface area contributed by atoms with E-state index in [1.165, 1.54) is 0 Å². The van der Waals surface area contributed by atoms with Crippen LogP contribution in [-0.2, 0) is 16.0 Å². The molecule has 0 aromatic heterocycles. The van der Waals surface area contributed by atoms with Crippen molar-refractivity contribution in [1.29, 1.82) is 0 Å². The Morgan fingerprint density at radius 2 is 2.26 bits per heavy atom. The standard InChI is InChI=1S/C15H17BrO3/c1-9(15(18)19)12-6-5-10(8-13(12)16)7-11-3-2-4-14(11)17/h5-6,8-9,11H,2-4,7H2,1H3,(H,18,19)/t9-,11-/m0/s1. The number of benzene rings is 1. The molecular formula is C15H17BrO3. The number of halogens is 1. The van der Waals surface area contributed by atoms with Crippen molar-refractivity contribution in [2.24, 2.45) is 5.92 Å². The molecule has 1 aromatic carbocycles. The van der Waals surface area contributed by atoms with Crippen LogP contribution in [0.15, 0.2) is 22.7 Å². The minimum atomic E-state index is -0.834. The van der Waals surface area contributed by atoms with Gasteiger partial charge in [0.2, 0.25) is 0 Å². The van der Waals surface area contributed by atoms with Crippen LogP contribution in [0.5, 0.6) is 0 Å². The fourth-order valence-electron chi connectivity index (χ4n) is 2.57. The van der Waals surface area contributed by atoms with Crippen molar-refractivity contribution in [1.82, 2.24) is 0 Å². The normalized spacial score (nSPS) is 20.5. The summed E-state index contributed by atoms with van der Waals surface area (Å²) in [5, 5.41) is 9.03. The molecule has 2 rings (SSSR count). The molecule has 4 heteroatoms. The summed E-state index contributed by atoms with van der Waals surface area (Å²) in [6.07, 6.45) is 3.45. The smallest absolute Gasteiger partial charge is 0.310 e. The van der Waals surface area contributed by atoms with E-state index in [-0.39, 0.29) is 5.92 Å². The third-order valence-electron chi connectivity index (χ3n) is 3.82. The Bertz CT molecular complexity index is 510. The van der Waals surface area contributed by atoms with Crippen molar-refractivity contribution in [2.45, 2.75) is 38.5 Å². The van der Waals surface area contributed by atoms with Crippen LogP contribution in [0.1, 0.15) is 43.2 Å². The average Bonchev–Trinajstić information content (AvgIpc) is 2.74. The summed E-state index contributed by atoms with van der Waals surface area (Å²) in [4.78, 5) is 22.6. The largest absolute Gasteiger partial charge is 0.481 e. The summed E-state index contributed by atoms with van der Waals surface area (Å²) in [6, 6.07) is 5.73.